The van der Waals surface area contributed by atoms with Gasteiger partial charge in [-0.3, -0.25) is 14.2 Å². The third kappa shape index (κ3) is 3.92. The highest BCUT2D eigenvalue weighted by Gasteiger charge is 2.15. The quantitative estimate of drug-likeness (QED) is 0.390. The van der Waals surface area contributed by atoms with Gasteiger partial charge in [-0.1, -0.05) is 42.1 Å². The van der Waals surface area contributed by atoms with E-state index >= 15 is 0 Å². The number of anilines is 1. The summed E-state index contributed by atoms with van der Waals surface area (Å²) in [4.78, 5) is 30.1. The second-order valence-electron chi connectivity index (χ2n) is 6.00. The van der Waals surface area contributed by atoms with Crippen LogP contribution in [0, 0.1) is 11.3 Å². The number of rotatable bonds is 5. The van der Waals surface area contributed by atoms with Crippen LogP contribution in [0.15, 0.2) is 76.0 Å². The average molecular weight is 419 g/mol. The molecule has 0 bridgehead atoms. The normalized spacial score (nSPS) is 10.6. The van der Waals surface area contributed by atoms with Crippen LogP contribution in [0.1, 0.15) is 5.56 Å². The van der Waals surface area contributed by atoms with Crippen LogP contribution in [0.4, 0.5) is 5.00 Å². The van der Waals surface area contributed by atoms with E-state index in [4.69, 9.17) is 5.26 Å². The number of fused-ring (bicyclic) bond motifs is 1. The van der Waals surface area contributed by atoms with E-state index in [2.05, 4.69) is 10.3 Å². The van der Waals surface area contributed by atoms with Crippen molar-refractivity contribution in [2.45, 2.75) is 5.16 Å². The summed E-state index contributed by atoms with van der Waals surface area (Å²) >= 11 is 2.47. The Hall–Kier alpha value is -3.41. The van der Waals surface area contributed by atoms with Crippen molar-refractivity contribution in [2.24, 2.45) is 0 Å². The Labute approximate surface area is 174 Å². The molecular formula is C21H14N4O2S2. The summed E-state index contributed by atoms with van der Waals surface area (Å²) in [6.45, 7) is 0. The van der Waals surface area contributed by atoms with Gasteiger partial charge in [0.15, 0.2) is 5.16 Å². The lowest BCUT2D eigenvalue weighted by Crippen LogP contribution is -2.22. The fraction of sp³-hybridized carbons (Fsp3) is 0.0476. The molecule has 2 aromatic carbocycles. The highest BCUT2D eigenvalue weighted by molar-refractivity contribution is 7.99. The Morgan fingerprint density at radius 1 is 1.14 bits per heavy atom. The molecule has 2 aromatic heterocycles. The Morgan fingerprint density at radius 2 is 1.90 bits per heavy atom. The molecule has 1 N–H and O–H groups in total. The van der Waals surface area contributed by atoms with E-state index in [1.165, 1.54) is 27.7 Å². The van der Waals surface area contributed by atoms with Crippen molar-refractivity contribution in [1.82, 2.24) is 9.55 Å². The second-order valence-corrected chi connectivity index (χ2v) is 7.86. The SMILES string of the molecule is N#Cc1ccsc1NC(=O)CSc1nc2ccccc2c(=O)n1-c1ccccc1. The number of para-hydroxylation sites is 2. The zero-order chi connectivity index (χ0) is 20.2. The van der Waals surface area contributed by atoms with Gasteiger partial charge in [-0.2, -0.15) is 5.26 Å². The van der Waals surface area contributed by atoms with Gasteiger partial charge >= 0.3 is 0 Å². The molecule has 29 heavy (non-hydrogen) atoms. The number of hydrogen-bond acceptors (Lipinski definition) is 6. The van der Waals surface area contributed by atoms with Crippen molar-refractivity contribution >= 4 is 44.9 Å². The highest BCUT2D eigenvalue weighted by atomic mass is 32.2. The van der Waals surface area contributed by atoms with Crippen LogP contribution in [0.5, 0.6) is 0 Å². The molecule has 0 aliphatic carbocycles. The fourth-order valence-electron chi connectivity index (χ4n) is 2.80. The third-order valence-electron chi connectivity index (χ3n) is 4.13. The van der Waals surface area contributed by atoms with Gasteiger partial charge in [0, 0.05) is 0 Å². The number of carbonyl (C=O) groups excluding carboxylic acids is 1. The topological polar surface area (TPSA) is 87.8 Å². The maximum Gasteiger partial charge on any atom is 0.266 e. The molecule has 0 saturated carbocycles. The standard InChI is InChI=1S/C21H14N4O2S2/c22-12-14-10-11-28-19(14)24-18(26)13-29-21-23-17-9-5-4-8-16(17)20(27)25(21)15-6-2-1-3-7-15/h1-11H,13H2,(H,24,26). The minimum atomic E-state index is -0.268. The number of nitrogens with one attached hydrogen (secondary N) is 1. The molecule has 0 saturated heterocycles. The molecule has 0 spiro atoms. The molecule has 8 heteroatoms. The Kier molecular flexibility index (Phi) is 5.42. The Morgan fingerprint density at radius 3 is 2.69 bits per heavy atom. The Bertz CT molecular complexity index is 1290. The summed E-state index contributed by atoms with van der Waals surface area (Å²) in [6, 6.07) is 20.1. The Balaban J connectivity index is 1.67. The lowest BCUT2D eigenvalue weighted by atomic mass is 10.2. The second kappa shape index (κ2) is 8.31. The molecule has 0 radical (unpaired) electrons. The van der Waals surface area contributed by atoms with Crippen molar-refractivity contribution < 1.29 is 4.79 Å². The minimum Gasteiger partial charge on any atom is -0.316 e. The summed E-state index contributed by atoms with van der Waals surface area (Å²) < 4.78 is 1.52. The van der Waals surface area contributed by atoms with Crippen LogP contribution in [0.3, 0.4) is 0 Å². The maximum absolute atomic E-state index is 13.1. The molecular weight excluding hydrogens is 404 g/mol. The number of thiophene rings is 1. The van der Waals surface area contributed by atoms with Crippen LogP contribution in [0.2, 0.25) is 0 Å². The van der Waals surface area contributed by atoms with Gasteiger partial charge < -0.3 is 5.32 Å². The van der Waals surface area contributed by atoms with Gasteiger partial charge in [0.1, 0.15) is 11.1 Å². The van der Waals surface area contributed by atoms with E-state index in [0.717, 1.165) is 0 Å². The van der Waals surface area contributed by atoms with E-state index in [0.29, 0.717) is 32.3 Å². The minimum absolute atomic E-state index is 0.0559. The number of thioether (sulfide) groups is 1. The summed E-state index contributed by atoms with van der Waals surface area (Å²) in [5.74, 6) is -0.212. The molecule has 0 unspecified atom stereocenters. The first-order valence-electron chi connectivity index (χ1n) is 8.65. The summed E-state index contributed by atoms with van der Waals surface area (Å²) in [6.07, 6.45) is 0. The zero-order valence-corrected chi connectivity index (χ0v) is 16.7. The molecule has 1 amide bonds. The molecule has 0 aliphatic rings. The molecule has 4 rings (SSSR count). The molecule has 4 aromatic rings. The maximum atomic E-state index is 13.1. The summed E-state index contributed by atoms with van der Waals surface area (Å²) in [5.41, 5.74) is 1.51. The number of hydrogen-bond donors (Lipinski definition) is 1. The number of nitrogens with zero attached hydrogens (tertiary/aromatic N) is 3. The predicted octanol–water partition coefficient (Wildman–Crippen LogP) is 4.05. The van der Waals surface area contributed by atoms with Crippen molar-refractivity contribution in [3.8, 4) is 11.8 Å². The van der Waals surface area contributed by atoms with Gasteiger partial charge in [0.25, 0.3) is 5.56 Å². The van der Waals surface area contributed by atoms with Crippen molar-refractivity contribution in [3.05, 3.63) is 82.0 Å². The number of amides is 1. The molecule has 0 atom stereocenters. The molecule has 2 heterocycles. The monoisotopic (exact) mass is 418 g/mol. The van der Waals surface area contributed by atoms with Crippen LogP contribution in [-0.4, -0.2) is 21.2 Å². The third-order valence-corrected chi connectivity index (χ3v) is 5.90. The number of nitriles is 1. The number of benzene rings is 2. The van der Waals surface area contributed by atoms with Crippen molar-refractivity contribution in [1.29, 1.82) is 5.26 Å². The van der Waals surface area contributed by atoms with Gasteiger partial charge in [0.2, 0.25) is 5.91 Å². The molecule has 142 valence electrons. The number of aromatic nitrogens is 2. The highest BCUT2D eigenvalue weighted by Crippen LogP contribution is 2.24. The first kappa shape index (κ1) is 18.9. The summed E-state index contributed by atoms with van der Waals surface area (Å²) in [5, 5.41) is 15.0. The smallest absolute Gasteiger partial charge is 0.266 e. The van der Waals surface area contributed by atoms with Gasteiger partial charge in [-0.15, -0.1) is 11.3 Å². The lowest BCUT2D eigenvalue weighted by Gasteiger charge is -2.13. The van der Waals surface area contributed by atoms with E-state index in [9.17, 15) is 9.59 Å². The lowest BCUT2D eigenvalue weighted by molar-refractivity contribution is -0.113. The van der Waals surface area contributed by atoms with Gasteiger partial charge in [-0.05, 0) is 35.7 Å². The first-order chi connectivity index (χ1) is 14.2. The summed E-state index contributed by atoms with van der Waals surface area (Å²) in [7, 11) is 0. The van der Waals surface area contributed by atoms with Crippen LogP contribution >= 0.6 is 23.1 Å². The average Bonchev–Trinajstić information content (AvgIpc) is 3.20. The first-order valence-corrected chi connectivity index (χ1v) is 10.5. The molecule has 0 fully saturated rings. The molecule has 0 aliphatic heterocycles. The van der Waals surface area contributed by atoms with Crippen molar-refractivity contribution in [2.75, 3.05) is 11.1 Å². The van der Waals surface area contributed by atoms with E-state index in [1.54, 1.807) is 29.6 Å². The van der Waals surface area contributed by atoms with Crippen LogP contribution in [-0.2, 0) is 4.79 Å². The van der Waals surface area contributed by atoms with Crippen LogP contribution in [0.25, 0.3) is 16.6 Å². The predicted molar refractivity (Wildman–Crippen MR) is 116 cm³/mol. The molecule has 6 nitrogen and oxygen atoms in total. The van der Waals surface area contributed by atoms with E-state index in [1.807, 2.05) is 42.5 Å². The number of carbonyl (C=O) groups is 1. The van der Waals surface area contributed by atoms with Crippen LogP contribution < -0.4 is 10.9 Å². The largest absolute Gasteiger partial charge is 0.316 e. The zero-order valence-electron chi connectivity index (χ0n) is 15.0. The van der Waals surface area contributed by atoms with E-state index < -0.39 is 0 Å². The van der Waals surface area contributed by atoms with E-state index in [-0.39, 0.29) is 17.2 Å². The fourth-order valence-corrected chi connectivity index (χ4v) is 4.37. The van der Waals surface area contributed by atoms with Gasteiger partial charge in [0.05, 0.1) is 27.9 Å². The van der Waals surface area contributed by atoms with Crippen molar-refractivity contribution in [3.63, 3.8) is 0 Å². The van der Waals surface area contributed by atoms with Gasteiger partial charge in [-0.25, -0.2) is 4.98 Å².